The molecule has 19 heteroatoms. The van der Waals surface area contributed by atoms with Gasteiger partial charge in [-0.2, -0.15) is 0 Å². The monoisotopic (exact) mass is 714 g/mol. The Bertz CT molecular complexity index is 819. The SMILES string of the molecule is CC(=O)O[C@H]1[C@@H](O[C@]2(CO)O[C@H](CO)[C@@H](O)[C@@H]2OC(C)=O)O[C@H](CO)[C@@H](O)[C@@H]1O.Cl[C@H]1[C@H](Cl)[C@@H](Cl)[C@@H](Cl)[C@H](Cl)[C@H]1Cl. The lowest BCUT2D eigenvalue weighted by Crippen LogP contribution is -2.63. The normalized spacial score (nSPS) is 46.3. The number of alkyl halides is 6. The number of hydrogen-bond acceptors (Lipinski definition) is 13. The largest absolute Gasteiger partial charge is 0.454 e. The molecule has 3 rings (SSSR count). The molecular formula is C22H32Cl6O13. The minimum atomic E-state index is -2.27. The highest BCUT2D eigenvalue weighted by Gasteiger charge is 2.61. The molecule has 2 aliphatic heterocycles. The fourth-order valence-electron chi connectivity index (χ4n) is 4.31. The maximum atomic E-state index is 11.4. The van der Waals surface area contributed by atoms with E-state index in [0.29, 0.717) is 0 Å². The molecule has 41 heavy (non-hydrogen) atoms. The van der Waals surface area contributed by atoms with Crippen LogP contribution < -0.4 is 0 Å². The maximum absolute atomic E-state index is 11.4. The first-order valence-corrected chi connectivity index (χ1v) is 14.7. The number of halogens is 6. The van der Waals surface area contributed by atoms with Gasteiger partial charge in [0.2, 0.25) is 12.1 Å². The van der Waals surface area contributed by atoms with Crippen LogP contribution in [0.1, 0.15) is 13.8 Å². The summed E-state index contributed by atoms with van der Waals surface area (Å²) in [6, 6.07) is 0. The van der Waals surface area contributed by atoms with Crippen LogP contribution in [0.15, 0.2) is 0 Å². The van der Waals surface area contributed by atoms with Gasteiger partial charge in [0.15, 0.2) is 12.2 Å². The van der Waals surface area contributed by atoms with Crippen LogP contribution in [0.4, 0.5) is 0 Å². The van der Waals surface area contributed by atoms with Gasteiger partial charge < -0.3 is 54.3 Å². The van der Waals surface area contributed by atoms with Gasteiger partial charge in [0.05, 0.1) is 45.5 Å². The van der Waals surface area contributed by atoms with Crippen LogP contribution in [0.25, 0.3) is 0 Å². The molecule has 6 N–H and O–H groups in total. The molecule has 1 saturated carbocycles. The second kappa shape index (κ2) is 16.1. The Morgan fingerprint density at radius 3 is 1.51 bits per heavy atom. The van der Waals surface area contributed by atoms with Crippen molar-refractivity contribution in [2.75, 3.05) is 19.8 Å². The standard InChI is InChI=1S/C16H26O13.C6H6Cl6/c1-6(20)25-13-12(24)10(22)8(3-17)27-15(13)29-16(5-19)14(26-7(2)21)11(23)9(4-18)28-16;7-1-2(8)4(10)6(12)5(11)3(1)9/h8-15,17-19,22-24H,3-5H2,1-2H3;1-6H/t8-,9-,10-,11-,12+,13-,14+,15-,16+;1-,2-,3-,4+,5+,6+/m1./s1. The molecule has 0 amide bonds. The number of hydrogen-bond donors (Lipinski definition) is 6. The molecule has 0 radical (unpaired) electrons. The topological polar surface area (TPSA) is 202 Å². The molecule has 0 bridgehead atoms. The third-order valence-electron chi connectivity index (χ3n) is 6.44. The lowest BCUT2D eigenvalue weighted by Gasteiger charge is -2.44. The lowest BCUT2D eigenvalue weighted by molar-refractivity contribution is -0.384. The molecule has 2 saturated heterocycles. The number of rotatable bonds is 7. The molecule has 0 aromatic heterocycles. The Labute approximate surface area is 265 Å². The molecule has 0 aromatic carbocycles. The summed E-state index contributed by atoms with van der Waals surface area (Å²) in [6.07, 6.45) is -12.6. The van der Waals surface area contributed by atoms with E-state index >= 15 is 0 Å². The summed E-state index contributed by atoms with van der Waals surface area (Å²) in [4.78, 5) is 22.9. The molecule has 9 atom stereocenters. The van der Waals surface area contributed by atoms with Gasteiger partial charge in [0, 0.05) is 13.8 Å². The highest BCUT2D eigenvalue weighted by molar-refractivity contribution is 6.45. The summed E-state index contributed by atoms with van der Waals surface area (Å²) in [5.74, 6) is -4.00. The van der Waals surface area contributed by atoms with Crippen LogP contribution in [0.5, 0.6) is 0 Å². The summed E-state index contributed by atoms with van der Waals surface area (Å²) in [6.45, 7) is -0.415. The van der Waals surface area contributed by atoms with Gasteiger partial charge in [-0.1, -0.05) is 0 Å². The van der Waals surface area contributed by atoms with Gasteiger partial charge in [-0.25, -0.2) is 0 Å². The zero-order valence-corrected chi connectivity index (χ0v) is 26.0. The van der Waals surface area contributed by atoms with Crippen LogP contribution >= 0.6 is 69.6 Å². The van der Waals surface area contributed by atoms with Crippen LogP contribution in [0.2, 0.25) is 0 Å². The van der Waals surface area contributed by atoms with Crippen LogP contribution in [-0.4, -0.2) is 149 Å². The predicted octanol–water partition coefficient (Wildman–Crippen LogP) is -0.610. The van der Waals surface area contributed by atoms with E-state index in [9.17, 15) is 40.2 Å². The molecule has 13 nitrogen and oxygen atoms in total. The van der Waals surface area contributed by atoms with E-state index in [0.717, 1.165) is 13.8 Å². The highest BCUT2D eigenvalue weighted by atomic mass is 35.5. The fourth-order valence-corrected chi connectivity index (χ4v) is 6.64. The number of esters is 2. The number of carbonyl (C=O) groups is 2. The second-order valence-corrected chi connectivity index (χ2v) is 12.4. The molecule has 3 aliphatic rings. The Balaban J connectivity index is 0.000000408. The van der Waals surface area contributed by atoms with Gasteiger partial charge in [-0.3, -0.25) is 9.59 Å². The van der Waals surface area contributed by atoms with Crippen LogP contribution in [0, 0.1) is 0 Å². The van der Waals surface area contributed by atoms with E-state index in [1.54, 1.807) is 0 Å². The zero-order valence-electron chi connectivity index (χ0n) is 21.5. The van der Waals surface area contributed by atoms with Crippen molar-refractivity contribution in [1.82, 2.24) is 0 Å². The maximum Gasteiger partial charge on any atom is 0.303 e. The third-order valence-corrected chi connectivity index (χ3v) is 10.5. The van der Waals surface area contributed by atoms with E-state index in [1.807, 2.05) is 0 Å². The first-order chi connectivity index (χ1) is 19.1. The molecular weight excluding hydrogens is 685 g/mol. The Morgan fingerprint density at radius 1 is 0.707 bits per heavy atom. The Hall–Kier alpha value is 0.320. The molecule has 3 fully saturated rings. The Kier molecular flexibility index (Phi) is 14.7. The predicted molar refractivity (Wildman–Crippen MR) is 146 cm³/mol. The van der Waals surface area contributed by atoms with Crippen molar-refractivity contribution in [2.45, 2.75) is 101 Å². The summed E-state index contributed by atoms with van der Waals surface area (Å²) >= 11 is 35.3. The van der Waals surface area contributed by atoms with Crippen molar-refractivity contribution in [3.63, 3.8) is 0 Å². The molecule has 0 aromatic rings. The number of aliphatic hydroxyl groups is 6. The average Bonchev–Trinajstić information content (AvgIpc) is 3.19. The molecule has 1 aliphatic carbocycles. The van der Waals surface area contributed by atoms with E-state index in [-0.39, 0.29) is 0 Å². The first kappa shape index (κ1) is 37.5. The fraction of sp³-hybridized carbons (Fsp3) is 0.909. The Morgan fingerprint density at radius 2 is 1.15 bits per heavy atom. The van der Waals surface area contributed by atoms with Gasteiger partial charge in [0.1, 0.15) is 37.1 Å². The lowest BCUT2D eigenvalue weighted by atomic mass is 9.97. The molecule has 0 spiro atoms. The number of ether oxygens (including phenoxy) is 5. The van der Waals surface area contributed by atoms with E-state index in [4.69, 9.17) is 93.3 Å². The van der Waals surface area contributed by atoms with Crippen LogP contribution in [0.3, 0.4) is 0 Å². The minimum Gasteiger partial charge on any atom is -0.454 e. The van der Waals surface area contributed by atoms with Crippen molar-refractivity contribution in [2.24, 2.45) is 0 Å². The minimum absolute atomic E-state index is 0.437. The summed E-state index contributed by atoms with van der Waals surface area (Å²) in [5, 5.41) is 56.6. The van der Waals surface area contributed by atoms with Gasteiger partial charge in [-0.15, -0.1) is 69.6 Å². The zero-order chi connectivity index (χ0) is 31.4. The smallest absolute Gasteiger partial charge is 0.303 e. The quantitative estimate of drug-likeness (QED) is 0.144. The van der Waals surface area contributed by atoms with E-state index < -0.39 is 119 Å². The molecule has 0 unspecified atom stereocenters. The summed E-state index contributed by atoms with van der Waals surface area (Å²) in [5.41, 5.74) is 0. The molecule has 240 valence electrons. The highest BCUT2D eigenvalue weighted by Crippen LogP contribution is 2.40. The second-order valence-electron chi connectivity index (χ2n) is 9.39. The van der Waals surface area contributed by atoms with Crippen molar-refractivity contribution < 1.29 is 63.9 Å². The van der Waals surface area contributed by atoms with Crippen molar-refractivity contribution in [3.8, 4) is 0 Å². The molecule has 2 heterocycles. The van der Waals surface area contributed by atoms with Crippen molar-refractivity contribution >= 4 is 81.5 Å². The first-order valence-electron chi connectivity index (χ1n) is 12.1. The third kappa shape index (κ3) is 8.53. The van der Waals surface area contributed by atoms with Crippen molar-refractivity contribution in [3.05, 3.63) is 0 Å². The van der Waals surface area contributed by atoms with Crippen molar-refractivity contribution in [1.29, 1.82) is 0 Å². The summed E-state index contributed by atoms with van der Waals surface area (Å²) < 4.78 is 26.2. The van der Waals surface area contributed by atoms with Crippen LogP contribution in [-0.2, 0) is 33.3 Å². The number of aliphatic hydroxyl groups excluding tert-OH is 6. The van der Waals surface area contributed by atoms with E-state index in [1.165, 1.54) is 0 Å². The average molecular weight is 717 g/mol. The van der Waals surface area contributed by atoms with Gasteiger partial charge >= 0.3 is 11.9 Å². The van der Waals surface area contributed by atoms with Gasteiger partial charge in [0.25, 0.3) is 0 Å². The summed E-state index contributed by atoms with van der Waals surface area (Å²) in [7, 11) is 0. The van der Waals surface area contributed by atoms with E-state index in [2.05, 4.69) is 0 Å². The van der Waals surface area contributed by atoms with Gasteiger partial charge in [-0.05, 0) is 0 Å². The number of carbonyl (C=O) groups excluding carboxylic acids is 2.